The zero-order chi connectivity index (χ0) is 15.7. The lowest BCUT2D eigenvalue weighted by Gasteiger charge is -2.53. The molecule has 1 aromatic rings. The molecule has 0 aliphatic carbocycles. The van der Waals surface area contributed by atoms with Crippen LogP contribution in [0.3, 0.4) is 0 Å². The molecular weight excluding hydrogens is 300 g/mol. The van der Waals surface area contributed by atoms with Gasteiger partial charge in [0, 0.05) is 24.3 Å². The summed E-state index contributed by atoms with van der Waals surface area (Å²) in [4.78, 5) is 18.3. The maximum atomic E-state index is 12.0. The van der Waals surface area contributed by atoms with Gasteiger partial charge in [0.1, 0.15) is 5.60 Å². The maximum absolute atomic E-state index is 12.0. The van der Waals surface area contributed by atoms with Gasteiger partial charge in [-0.1, -0.05) is 13.8 Å². The molecule has 22 heavy (non-hydrogen) atoms. The molecular formula is C16H24N2O3S. The number of aromatic nitrogens is 1. The molecule has 1 atom stereocenters. The lowest BCUT2D eigenvalue weighted by atomic mass is 9.84. The predicted molar refractivity (Wildman–Crippen MR) is 84.8 cm³/mol. The van der Waals surface area contributed by atoms with Crippen molar-refractivity contribution in [3.05, 3.63) is 16.1 Å². The molecule has 2 saturated heterocycles. The first-order valence-corrected chi connectivity index (χ1v) is 8.81. The maximum Gasteiger partial charge on any atom is 0.225 e. The summed E-state index contributed by atoms with van der Waals surface area (Å²) in [6.45, 7) is 8.59. The van der Waals surface area contributed by atoms with E-state index in [1.807, 2.05) is 25.7 Å². The van der Waals surface area contributed by atoms with E-state index in [2.05, 4.69) is 10.4 Å². The molecule has 122 valence electrons. The minimum atomic E-state index is -0.175. The van der Waals surface area contributed by atoms with Gasteiger partial charge in [0.2, 0.25) is 5.91 Å². The fourth-order valence-electron chi connectivity index (χ4n) is 3.19. The first-order chi connectivity index (χ1) is 10.5. The van der Waals surface area contributed by atoms with E-state index in [1.165, 1.54) is 0 Å². The highest BCUT2D eigenvalue weighted by atomic mass is 32.1. The lowest BCUT2D eigenvalue weighted by molar-refractivity contribution is -0.204. The van der Waals surface area contributed by atoms with Crippen LogP contribution in [0.2, 0.25) is 0 Å². The average Bonchev–Trinajstić information content (AvgIpc) is 2.87. The van der Waals surface area contributed by atoms with Gasteiger partial charge in [0.25, 0.3) is 0 Å². The van der Waals surface area contributed by atoms with Gasteiger partial charge in [-0.2, -0.15) is 0 Å². The summed E-state index contributed by atoms with van der Waals surface area (Å²) in [5, 5.41) is 3.13. The second-order valence-electron chi connectivity index (χ2n) is 6.66. The number of ether oxygens (including phenoxy) is 2. The molecule has 3 heterocycles. The normalized spacial score (nSPS) is 23.8. The first-order valence-electron chi connectivity index (χ1n) is 7.93. The third kappa shape index (κ3) is 3.34. The fraction of sp³-hybridized carbons (Fsp3) is 0.750. The summed E-state index contributed by atoms with van der Waals surface area (Å²) in [5.74, 6) is 0.274. The third-order valence-electron chi connectivity index (χ3n) is 4.34. The van der Waals surface area contributed by atoms with Crippen molar-refractivity contribution in [2.45, 2.75) is 51.9 Å². The Labute approximate surface area is 135 Å². The largest absolute Gasteiger partial charge is 0.372 e. The van der Waals surface area contributed by atoms with Crippen LogP contribution in [0.15, 0.2) is 5.38 Å². The van der Waals surface area contributed by atoms with Crippen molar-refractivity contribution >= 4 is 17.2 Å². The van der Waals surface area contributed by atoms with Crippen LogP contribution in [0.5, 0.6) is 0 Å². The minimum absolute atomic E-state index is 0.0564. The molecule has 0 bridgehead atoms. The van der Waals surface area contributed by atoms with E-state index in [0.29, 0.717) is 26.3 Å². The highest BCUT2D eigenvalue weighted by molar-refractivity contribution is 7.09. The fourth-order valence-corrected chi connectivity index (χ4v) is 3.79. The molecule has 0 aromatic carbocycles. The Hall–Kier alpha value is -0.980. The Balaban J connectivity index is 1.49. The smallest absolute Gasteiger partial charge is 0.225 e. The first kappa shape index (κ1) is 15.9. The topological polar surface area (TPSA) is 51.7 Å². The average molecular weight is 324 g/mol. The quantitative estimate of drug-likeness (QED) is 0.853. The predicted octanol–water partition coefficient (Wildman–Crippen LogP) is 2.38. The van der Waals surface area contributed by atoms with Crippen LogP contribution in [-0.2, 0) is 20.9 Å². The van der Waals surface area contributed by atoms with Gasteiger partial charge in [-0.25, -0.2) is 4.98 Å². The molecule has 5 nitrogen and oxygen atoms in total. The summed E-state index contributed by atoms with van der Waals surface area (Å²) in [6, 6.07) is 0. The molecule has 2 aliphatic rings. The number of likely N-dealkylation sites (tertiary alicyclic amines) is 1. The number of carbonyl (C=O) groups excluding carboxylic acids is 1. The number of nitrogens with zero attached hydrogens (tertiary/aromatic N) is 2. The van der Waals surface area contributed by atoms with E-state index in [4.69, 9.17) is 9.47 Å². The van der Waals surface area contributed by atoms with Crippen molar-refractivity contribution in [3.63, 3.8) is 0 Å². The Morgan fingerprint density at radius 2 is 2.36 bits per heavy atom. The highest BCUT2D eigenvalue weighted by Gasteiger charge is 2.49. The Bertz CT molecular complexity index is 537. The number of thiazole rings is 1. The van der Waals surface area contributed by atoms with Gasteiger partial charge in [-0.3, -0.25) is 4.79 Å². The summed E-state index contributed by atoms with van der Waals surface area (Å²) >= 11 is 1.65. The molecule has 3 rings (SSSR count). The summed E-state index contributed by atoms with van der Waals surface area (Å²) in [5.41, 5.74) is 0.833. The third-order valence-corrected chi connectivity index (χ3v) is 5.17. The molecule has 1 aromatic heterocycles. The van der Waals surface area contributed by atoms with Crippen LogP contribution in [-0.4, -0.2) is 47.2 Å². The number of hydrogen-bond acceptors (Lipinski definition) is 5. The molecule has 1 unspecified atom stereocenters. The van der Waals surface area contributed by atoms with E-state index in [1.54, 1.807) is 11.3 Å². The van der Waals surface area contributed by atoms with Crippen molar-refractivity contribution in [1.82, 2.24) is 9.88 Å². The zero-order valence-corrected chi connectivity index (χ0v) is 14.3. The van der Waals surface area contributed by atoms with Crippen LogP contribution in [0.25, 0.3) is 0 Å². The van der Waals surface area contributed by atoms with E-state index < -0.39 is 0 Å². The monoisotopic (exact) mass is 324 g/mol. The molecule has 0 N–H and O–H groups in total. The van der Waals surface area contributed by atoms with E-state index in [0.717, 1.165) is 23.5 Å². The SMILES string of the molecule is Cc1nc(COC2CCOC3(C2)CN(C(=O)C(C)C)C3)cs1. The number of aryl methyl sites for hydroxylation is 1. The van der Waals surface area contributed by atoms with Crippen LogP contribution >= 0.6 is 11.3 Å². The molecule has 1 spiro atoms. The van der Waals surface area contributed by atoms with Gasteiger partial charge in [-0.15, -0.1) is 11.3 Å². The number of rotatable bonds is 4. The van der Waals surface area contributed by atoms with Crippen LogP contribution in [0.4, 0.5) is 0 Å². The second kappa shape index (κ2) is 6.26. The van der Waals surface area contributed by atoms with Gasteiger partial charge < -0.3 is 14.4 Å². The molecule has 6 heteroatoms. The van der Waals surface area contributed by atoms with Gasteiger partial charge in [0.05, 0.1) is 36.5 Å². The molecule has 2 fully saturated rings. The Morgan fingerprint density at radius 1 is 1.59 bits per heavy atom. The van der Waals surface area contributed by atoms with Gasteiger partial charge in [-0.05, 0) is 13.3 Å². The minimum Gasteiger partial charge on any atom is -0.372 e. The zero-order valence-electron chi connectivity index (χ0n) is 13.5. The van der Waals surface area contributed by atoms with E-state index in [-0.39, 0.29) is 23.5 Å². The molecule has 0 saturated carbocycles. The number of carbonyl (C=O) groups is 1. The van der Waals surface area contributed by atoms with Crippen LogP contribution in [0.1, 0.15) is 37.4 Å². The van der Waals surface area contributed by atoms with Gasteiger partial charge in [0.15, 0.2) is 0 Å². The standard InChI is InChI=1S/C16H24N2O3S/c1-11(2)15(19)18-9-16(10-18)6-14(4-5-21-16)20-7-13-8-22-12(3)17-13/h8,11,14H,4-7,9-10H2,1-3H3. The van der Waals surface area contributed by atoms with Crippen molar-refractivity contribution < 1.29 is 14.3 Å². The lowest BCUT2D eigenvalue weighted by Crippen LogP contribution is -2.67. The second-order valence-corrected chi connectivity index (χ2v) is 7.73. The van der Waals surface area contributed by atoms with Crippen LogP contribution in [0, 0.1) is 12.8 Å². The molecule has 0 radical (unpaired) electrons. The Morgan fingerprint density at radius 3 is 3.00 bits per heavy atom. The number of hydrogen-bond donors (Lipinski definition) is 0. The summed E-state index contributed by atoms with van der Waals surface area (Å²) < 4.78 is 12.0. The highest BCUT2D eigenvalue weighted by Crippen LogP contribution is 2.36. The van der Waals surface area contributed by atoms with Crippen molar-refractivity contribution in [1.29, 1.82) is 0 Å². The number of amides is 1. The van der Waals surface area contributed by atoms with Crippen molar-refractivity contribution in [2.75, 3.05) is 19.7 Å². The van der Waals surface area contributed by atoms with Crippen molar-refractivity contribution in [2.24, 2.45) is 5.92 Å². The summed E-state index contributed by atoms with van der Waals surface area (Å²) in [7, 11) is 0. The van der Waals surface area contributed by atoms with Crippen molar-refractivity contribution in [3.8, 4) is 0 Å². The molecule has 1 amide bonds. The summed E-state index contributed by atoms with van der Waals surface area (Å²) in [6.07, 6.45) is 1.99. The van der Waals surface area contributed by atoms with Crippen LogP contribution < -0.4 is 0 Å². The Kier molecular flexibility index (Phi) is 4.52. The molecule has 2 aliphatic heterocycles. The van der Waals surface area contributed by atoms with E-state index >= 15 is 0 Å². The van der Waals surface area contributed by atoms with E-state index in [9.17, 15) is 4.79 Å². The van der Waals surface area contributed by atoms with Gasteiger partial charge >= 0.3 is 0 Å².